The van der Waals surface area contributed by atoms with Crippen molar-refractivity contribution in [3.05, 3.63) is 83.1 Å². The van der Waals surface area contributed by atoms with Crippen LogP contribution in [0.5, 0.6) is 0 Å². The number of nitrogens with zero attached hydrogens (tertiary/aromatic N) is 6. The zero-order chi connectivity index (χ0) is 31.5. The Morgan fingerprint density at radius 2 is 1.93 bits per heavy atom. The summed E-state index contributed by atoms with van der Waals surface area (Å²) >= 11 is 0. The van der Waals surface area contributed by atoms with Gasteiger partial charge in [0.15, 0.2) is 0 Å². The number of quaternary nitrogens is 1. The number of halogens is 3. The van der Waals surface area contributed by atoms with Crippen molar-refractivity contribution >= 4 is 40.3 Å². The Hall–Kier alpha value is -4.40. The summed E-state index contributed by atoms with van der Waals surface area (Å²) in [5, 5.41) is 10.9. The largest absolute Gasteiger partial charge is 0.416 e. The number of nitrogens with two attached hydrogens (primary N) is 1. The van der Waals surface area contributed by atoms with Gasteiger partial charge in [-0.3, -0.25) is 23.7 Å². The number of alkyl halides is 3. The number of nitrogens with one attached hydrogen (secondary N) is 1. The van der Waals surface area contributed by atoms with Crippen molar-refractivity contribution < 1.29 is 36.5 Å². The molecule has 228 valence electrons. The minimum Gasteiger partial charge on any atom is -0.337 e. The number of hydrogen-bond donors (Lipinski definition) is 4. The Morgan fingerprint density at radius 1 is 1.20 bits per heavy atom. The van der Waals surface area contributed by atoms with Gasteiger partial charge in [0, 0.05) is 24.8 Å². The van der Waals surface area contributed by atoms with Crippen LogP contribution in [0.2, 0.25) is 0 Å². The van der Waals surface area contributed by atoms with Crippen LogP contribution in [0.4, 0.5) is 19.0 Å². The molecule has 2 amide bonds. The third-order valence-electron chi connectivity index (χ3n) is 8.03. The Kier molecular flexibility index (Phi) is 6.98. The molecule has 0 bridgehead atoms. The maximum Gasteiger partial charge on any atom is 0.416 e. The predicted octanol–water partition coefficient (Wildman–Crippen LogP) is 3.84. The second kappa shape index (κ2) is 10.4. The van der Waals surface area contributed by atoms with E-state index in [1.54, 1.807) is 18.3 Å². The fourth-order valence-electron chi connectivity index (χ4n) is 5.33. The summed E-state index contributed by atoms with van der Waals surface area (Å²) in [6.45, 7) is 0.0247. The van der Waals surface area contributed by atoms with E-state index in [9.17, 15) is 37.1 Å². The molecule has 12 nitrogen and oxygen atoms in total. The Bertz CT molecular complexity index is 1730. The van der Waals surface area contributed by atoms with Gasteiger partial charge < -0.3 is 10.2 Å². The number of aromatic nitrogens is 1. The molecule has 0 radical (unpaired) electrons. The van der Waals surface area contributed by atoms with Gasteiger partial charge in [0.25, 0.3) is 11.7 Å². The SMILES string of the molecule is N#CC1(C(=O)N2CCS(O)(O)C(C3=C4C=NC=C[N+]4(N)C(c4ccc(C(=O)Nc5cc(C(F)(F)F)ccn5)cc4)=N3)C2)CC1. The molecule has 1 aromatic carbocycles. The first-order valence-electron chi connectivity index (χ1n) is 13.4. The van der Waals surface area contributed by atoms with E-state index in [-0.39, 0.29) is 47.7 Å². The van der Waals surface area contributed by atoms with Crippen molar-refractivity contribution in [1.82, 2.24) is 9.88 Å². The number of hydrogen-bond acceptors (Lipinski definition) is 9. The van der Waals surface area contributed by atoms with Crippen molar-refractivity contribution in [2.45, 2.75) is 24.3 Å². The summed E-state index contributed by atoms with van der Waals surface area (Å²) in [7, 11) is -3.27. The maximum absolute atomic E-state index is 13.1. The molecule has 2 unspecified atom stereocenters. The lowest BCUT2D eigenvalue weighted by Gasteiger charge is -2.47. The summed E-state index contributed by atoms with van der Waals surface area (Å²) in [5.74, 6) is 5.68. The summed E-state index contributed by atoms with van der Waals surface area (Å²) in [6.07, 6.45) is 1.75. The number of amidine groups is 1. The number of aliphatic imine (C=N–C) groups is 2. The molecule has 1 saturated heterocycles. The van der Waals surface area contributed by atoms with Crippen LogP contribution in [-0.4, -0.2) is 71.5 Å². The summed E-state index contributed by atoms with van der Waals surface area (Å²) in [4.78, 5) is 40.1. The van der Waals surface area contributed by atoms with Crippen molar-refractivity contribution in [3.8, 4) is 6.07 Å². The molecular weight excluding hydrogens is 601 g/mol. The van der Waals surface area contributed by atoms with Crippen LogP contribution in [0, 0.1) is 16.7 Å². The monoisotopic (exact) mass is 627 g/mol. The molecule has 5 N–H and O–H groups in total. The minimum atomic E-state index is -4.60. The van der Waals surface area contributed by atoms with Crippen LogP contribution in [0.1, 0.15) is 34.3 Å². The standard InChI is InChI=1S/C28H25F3N8O4S/c29-28(30,31)19-5-8-35-22(13-19)36-25(40)18-3-1-17(2-4-18)24-37-23(20-14-34-9-11-39(20,24)33)21-15-38(10-12-44(21,42)43)26(41)27(16-32)6-7-27/h1-5,8-9,11,13-14,21H,6-7,10,12,15,33H2,(H2-,35,36,40,42,43)/p+1. The van der Waals surface area contributed by atoms with E-state index in [2.05, 4.69) is 21.4 Å². The number of pyridine rings is 1. The first-order valence-corrected chi connectivity index (χ1v) is 15.2. The average Bonchev–Trinajstić information content (AvgIpc) is 3.73. The van der Waals surface area contributed by atoms with E-state index >= 15 is 0 Å². The fourth-order valence-corrected chi connectivity index (χ4v) is 7.05. The molecule has 1 aromatic heterocycles. The molecule has 3 aliphatic heterocycles. The first kappa shape index (κ1) is 29.7. The third kappa shape index (κ3) is 5.08. The average molecular weight is 628 g/mol. The summed E-state index contributed by atoms with van der Waals surface area (Å²) < 4.78 is 60.8. The second-order valence-corrected chi connectivity index (χ2v) is 13.3. The van der Waals surface area contributed by atoms with Gasteiger partial charge >= 0.3 is 6.18 Å². The molecular formula is C28H26F3N8O4S+. The van der Waals surface area contributed by atoms with E-state index < -0.39 is 43.5 Å². The van der Waals surface area contributed by atoms with Crippen LogP contribution in [-0.2, 0) is 11.0 Å². The van der Waals surface area contributed by atoms with Crippen LogP contribution in [0.15, 0.2) is 76.4 Å². The van der Waals surface area contributed by atoms with Crippen molar-refractivity contribution in [2.24, 2.45) is 21.2 Å². The molecule has 1 aliphatic carbocycles. The predicted molar refractivity (Wildman–Crippen MR) is 155 cm³/mol. The highest BCUT2D eigenvalue weighted by Gasteiger charge is 2.55. The topological polar surface area (TPSA) is 177 Å². The van der Waals surface area contributed by atoms with Crippen molar-refractivity contribution in [2.75, 3.05) is 24.2 Å². The number of carbonyl (C=O) groups excluding carboxylic acids is 2. The molecule has 6 rings (SSSR count). The normalized spacial score (nSPS) is 25.5. The molecule has 0 spiro atoms. The molecule has 16 heteroatoms. The van der Waals surface area contributed by atoms with Crippen molar-refractivity contribution in [3.63, 3.8) is 0 Å². The number of benzene rings is 1. The van der Waals surface area contributed by atoms with Crippen molar-refractivity contribution in [1.29, 1.82) is 5.26 Å². The van der Waals surface area contributed by atoms with Gasteiger partial charge in [-0.1, -0.05) is 0 Å². The molecule has 1 saturated carbocycles. The zero-order valence-corrected chi connectivity index (χ0v) is 23.7. The lowest BCUT2D eigenvalue weighted by molar-refractivity contribution is -0.750. The highest BCUT2D eigenvalue weighted by atomic mass is 32.3. The van der Waals surface area contributed by atoms with E-state index in [1.165, 1.54) is 29.4 Å². The van der Waals surface area contributed by atoms with E-state index in [0.717, 1.165) is 18.3 Å². The highest BCUT2D eigenvalue weighted by Crippen LogP contribution is 2.54. The van der Waals surface area contributed by atoms with E-state index in [4.69, 9.17) is 10.8 Å². The first-order chi connectivity index (χ1) is 20.8. The third-order valence-corrected chi connectivity index (χ3v) is 10.1. The van der Waals surface area contributed by atoms with Crippen LogP contribution in [0.25, 0.3) is 0 Å². The van der Waals surface area contributed by atoms with Gasteiger partial charge in [-0.15, -0.1) is 4.59 Å². The van der Waals surface area contributed by atoms with Gasteiger partial charge in [0.2, 0.25) is 11.6 Å². The van der Waals surface area contributed by atoms with Crippen LogP contribution in [0.3, 0.4) is 0 Å². The minimum absolute atomic E-state index is 0.0690. The van der Waals surface area contributed by atoms with Gasteiger partial charge in [0.05, 0.1) is 35.4 Å². The summed E-state index contributed by atoms with van der Waals surface area (Å²) in [5.41, 5.74) is -0.823. The number of amides is 2. The zero-order valence-electron chi connectivity index (χ0n) is 22.9. The summed E-state index contributed by atoms with van der Waals surface area (Å²) in [6, 6.07) is 9.61. The Labute approximate surface area is 250 Å². The highest BCUT2D eigenvalue weighted by molar-refractivity contribution is 8.25. The maximum atomic E-state index is 13.1. The van der Waals surface area contributed by atoms with Crippen LogP contribution < -0.4 is 11.2 Å². The smallest absolute Gasteiger partial charge is 0.337 e. The number of fused-ring (bicyclic) bond motifs is 1. The lowest BCUT2D eigenvalue weighted by Crippen LogP contribution is -2.53. The van der Waals surface area contributed by atoms with Gasteiger partial charge in [-0.25, -0.2) is 4.98 Å². The van der Waals surface area contributed by atoms with Crippen LogP contribution >= 0.6 is 10.6 Å². The fraction of sp³-hybridized carbons (Fsp3) is 0.286. The van der Waals surface area contributed by atoms with E-state index in [1.807, 2.05) is 0 Å². The van der Waals surface area contributed by atoms with Gasteiger partial charge in [0.1, 0.15) is 28.4 Å². The molecule has 2 fully saturated rings. The molecule has 2 atom stereocenters. The van der Waals surface area contributed by atoms with E-state index in [0.29, 0.717) is 24.1 Å². The number of allylic oxidation sites excluding steroid dienone is 1. The lowest BCUT2D eigenvalue weighted by atomic mass is 10.1. The quantitative estimate of drug-likeness (QED) is 0.287. The van der Waals surface area contributed by atoms with Gasteiger partial charge in [-0.05, 0) is 49.2 Å². The Morgan fingerprint density at radius 3 is 2.59 bits per heavy atom. The number of carbonyl (C=O) groups is 2. The van der Waals surface area contributed by atoms with Gasteiger partial charge in [-0.2, -0.15) is 39.9 Å². The number of nitriles is 1. The second-order valence-electron chi connectivity index (χ2n) is 10.9. The molecule has 44 heavy (non-hydrogen) atoms. The molecule has 2 aromatic rings. The molecule has 4 aliphatic rings. The Balaban J connectivity index is 1.28. The number of rotatable bonds is 5. The number of anilines is 1. The molecule has 4 heterocycles.